The first-order valence-corrected chi connectivity index (χ1v) is 14.1. The van der Waals surface area contributed by atoms with E-state index in [2.05, 4.69) is 5.32 Å². The number of halogens is 2. The largest absolute Gasteiger partial charge is 0.454 e. The van der Waals surface area contributed by atoms with Crippen LogP contribution in [0.25, 0.3) is 0 Å². The molecule has 3 saturated heterocycles. The summed E-state index contributed by atoms with van der Waals surface area (Å²) in [6.45, 7) is -0.0802. The number of carbonyl (C=O) groups excluding carboxylic acids is 5. The summed E-state index contributed by atoms with van der Waals surface area (Å²) in [5, 5.41) is 2.98. The van der Waals surface area contributed by atoms with Gasteiger partial charge in [0, 0.05) is 12.2 Å². The lowest BCUT2D eigenvalue weighted by Gasteiger charge is -2.27. The molecule has 3 aliphatic rings. The quantitative estimate of drug-likeness (QED) is 0.448. The summed E-state index contributed by atoms with van der Waals surface area (Å²) in [6, 6.07) is 6.45. The van der Waals surface area contributed by atoms with Crippen molar-refractivity contribution in [3.05, 3.63) is 45.4 Å². The predicted molar refractivity (Wildman–Crippen MR) is 145 cm³/mol. The number of nitrogens with one attached hydrogen (secondary N) is 1. The Bertz CT molecular complexity index is 1370. The fourth-order valence-electron chi connectivity index (χ4n) is 4.75. The summed E-state index contributed by atoms with van der Waals surface area (Å²) in [5.74, 6) is -3.19. The second-order valence-electron chi connectivity index (χ2n) is 9.52. The highest BCUT2D eigenvalue weighted by Gasteiger charge is 2.38. The van der Waals surface area contributed by atoms with E-state index in [9.17, 15) is 24.0 Å². The summed E-state index contributed by atoms with van der Waals surface area (Å²) >= 11 is 6.93. The summed E-state index contributed by atoms with van der Waals surface area (Å²) in [6.07, 6.45) is -0.493. The molecular weight excluding hydrogens is 583 g/mol. The van der Waals surface area contributed by atoms with Crippen LogP contribution < -0.4 is 15.1 Å². The third-order valence-electron chi connectivity index (χ3n) is 6.79. The highest BCUT2D eigenvalue weighted by atomic mass is 35.5. The number of morpholine rings is 1. The maximum absolute atomic E-state index is 15.1. The maximum Gasteiger partial charge on any atom is 0.414 e. The van der Waals surface area contributed by atoms with Gasteiger partial charge >= 0.3 is 12.1 Å². The molecule has 0 radical (unpaired) electrons. The van der Waals surface area contributed by atoms with Gasteiger partial charge in [0.25, 0.3) is 17.7 Å². The Morgan fingerprint density at radius 1 is 1.20 bits per heavy atom. The minimum absolute atomic E-state index is 0.0887. The fourth-order valence-corrected chi connectivity index (χ4v) is 5.74. The lowest BCUT2D eigenvalue weighted by molar-refractivity contribution is -0.152. The SMILES string of the molecule is O=C(OCC(=O)N(C[C@H]1CN(c2ccc(N3CCOCC3=O)cc2F)C(=O)O1)C(=O)c1ccc(Cl)s1)[C@@H]1CCCN1. The van der Waals surface area contributed by atoms with E-state index in [0.29, 0.717) is 29.6 Å². The zero-order chi connectivity index (χ0) is 29.1. The second kappa shape index (κ2) is 12.5. The van der Waals surface area contributed by atoms with Crippen molar-refractivity contribution < 1.29 is 42.6 Å². The molecule has 2 atom stereocenters. The Morgan fingerprint density at radius 2 is 2.02 bits per heavy atom. The van der Waals surface area contributed by atoms with Crippen molar-refractivity contribution in [2.24, 2.45) is 0 Å². The topological polar surface area (TPSA) is 135 Å². The van der Waals surface area contributed by atoms with Crippen molar-refractivity contribution >= 4 is 64.1 Å². The number of hydrogen-bond acceptors (Lipinski definition) is 10. The van der Waals surface area contributed by atoms with E-state index < -0.39 is 48.4 Å². The molecule has 218 valence electrons. The third-order valence-corrected chi connectivity index (χ3v) is 8.01. The lowest BCUT2D eigenvalue weighted by Crippen LogP contribution is -2.45. The molecule has 5 rings (SSSR count). The number of nitrogens with zero attached hydrogens (tertiary/aromatic N) is 3. The minimum atomic E-state index is -1.00. The van der Waals surface area contributed by atoms with Crippen LogP contribution in [0.3, 0.4) is 0 Å². The van der Waals surface area contributed by atoms with Gasteiger partial charge in [-0.15, -0.1) is 11.3 Å². The Morgan fingerprint density at radius 3 is 2.71 bits per heavy atom. The van der Waals surface area contributed by atoms with E-state index in [-0.39, 0.29) is 42.7 Å². The number of carbonyl (C=O) groups is 5. The van der Waals surface area contributed by atoms with Crippen LogP contribution in [0.1, 0.15) is 22.5 Å². The van der Waals surface area contributed by atoms with E-state index in [1.54, 1.807) is 0 Å². The Balaban J connectivity index is 1.28. The first kappa shape index (κ1) is 28.9. The van der Waals surface area contributed by atoms with E-state index in [1.165, 1.54) is 29.2 Å². The second-order valence-corrected chi connectivity index (χ2v) is 11.2. The maximum atomic E-state index is 15.1. The number of hydrogen-bond donors (Lipinski definition) is 1. The molecule has 1 aromatic carbocycles. The first-order valence-electron chi connectivity index (χ1n) is 12.9. The predicted octanol–water partition coefficient (Wildman–Crippen LogP) is 2.19. The van der Waals surface area contributed by atoms with Crippen LogP contribution in [0.15, 0.2) is 30.3 Å². The standard InChI is InChI=1S/C26H26ClFN4O8S/c27-21-6-5-20(41-21)24(35)32(23(34)14-39-25(36)18-2-1-7-29-18)12-16-11-31(26(37)40-16)19-4-3-15(10-17(19)28)30-8-9-38-13-22(30)33/h3-6,10,16,18,29H,1-2,7-9,11-14H2/t16-,18+/m1/s1. The Hall–Kier alpha value is -3.59. The van der Waals surface area contributed by atoms with Crippen molar-refractivity contribution in [2.45, 2.75) is 25.0 Å². The number of thiophene rings is 1. The van der Waals surface area contributed by atoms with Crippen molar-refractivity contribution in [3.63, 3.8) is 0 Å². The van der Waals surface area contributed by atoms with E-state index >= 15 is 4.39 Å². The number of imide groups is 1. The van der Waals surface area contributed by atoms with Gasteiger partial charge in [-0.25, -0.2) is 9.18 Å². The summed E-state index contributed by atoms with van der Waals surface area (Å²) < 4.78 is 31.1. The number of cyclic esters (lactones) is 1. The molecule has 0 bridgehead atoms. The molecule has 0 unspecified atom stereocenters. The molecule has 41 heavy (non-hydrogen) atoms. The fraction of sp³-hybridized carbons (Fsp3) is 0.423. The molecule has 15 heteroatoms. The molecular formula is C26H26ClFN4O8S. The van der Waals surface area contributed by atoms with E-state index in [4.69, 9.17) is 25.8 Å². The van der Waals surface area contributed by atoms with Gasteiger partial charge in [0.05, 0.1) is 34.6 Å². The van der Waals surface area contributed by atoms with Gasteiger partial charge in [-0.2, -0.15) is 0 Å². The number of rotatable bonds is 8. The molecule has 3 aliphatic heterocycles. The van der Waals surface area contributed by atoms with Gasteiger partial charge in [0.15, 0.2) is 6.61 Å². The van der Waals surface area contributed by atoms with Crippen molar-refractivity contribution in [1.29, 1.82) is 0 Å². The summed E-state index contributed by atoms with van der Waals surface area (Å²) in [4.78, 5) is 66.9. The van der Waals surface area contributed by atoms with Crippen LogP contribution in [-0.2, 0) is 28.6 Å². The number of esters is 1. The molecule has 4 amide bonds. The highest BCUT2D eigenvalue weighted by molar-refractivity contribution is 7.18. The van der Waals surface area contributed by atoms with Crippen LogP contribution in [0.2, 0.25) is 4.34 Å². The van der Waals surface area contributed by atoms with Gasteiger partial charge < -0.3 is 24.4 Å². The first-order chi connectivity index (χ1) is 19.7. The normalized spacial score (nSPS) is 20.7. The Kier molecular flexibility index (Phi) is 8.82. The van der Waals surface area contributed by atoms with Crippen LogP contribution in [0, 0.1) is 5.82 Å². The zero-order valence-electron chi connectivity index (χ0n) is 21.7. The third kappa shape index (κ3) is 6.50. The molecule has 2 aromatic rings. The van der Waals surface area contributed by atoms with Crippen LogP contribution >= 0.6 is 22.9 Å². The number of ether oxygens (including phenoxy) is 3. The van der Waals surface area contributed by atoms with E-state index in [1.807, 2.05) is 0 Å². The molecule has 1 aromatic heterocycles. The monoisotopic (exact) mass is 608 g/mol. The minimum Gasteiger partial charge on any atom is -0.454 e. The Labute approximate surface area is 242 Å². The van der Waals surface area contributed by atoms with E-state index in [0.717, 1.165) is 33.6 Å². The van der Waals surface area contributed by atoms with Gasteiger partial charge in [0.2, 0.25) is 0 Å². The van der Waals surface area contributed by atoms with Crippen molar-refractivity contribution in [1.82, 2.24) is 10.2 Å². The molecule has 4 heterocycles. The molecule has 0 spiro atoms. The smallest absolute Gasteiger partial charge is 0.414 e. The van der Waals surface area contributed by atoms with Crippen LogP contribution in [-0.4, -0.2) is 92.8 Å². The van der Waals surface area contributed by atoms with Gasteiger partial charge in [-0.1, -0.05) is 11.6 Å². The van der Waals surface area contributed by atoms with Gasteiger partial charge in [-0.3, -0.25) is 29.0 Å². The average Bonchev–Trinajstić information content (AvgIpc) is 3.72. The molecule has 12 nitrogen and oxygen atoms in total. The summed E-state index contributed by atoms with van der Waals surface area (Å²) in [7, 11) is 0. The van der Waals surface area contributed by atoms with Crippen LogP contribution in [0.5, 0.6) is 0 Å². The number of amides is 4. The lowest BCUT2D eigenvalue weighted by atomic mass is 10.2. The summed E-state index contributed by atoms with van der Waals surface area (Å²) in [5.41, 5.74) is 0.234. The van der Waals surface area contributed by atoms with Crippen molar-refractivity contribution in [3.8, 4) is 0 Å². The number of benzene rings is 1. The van der Waals surface area contributed by atoms with Gasteiger partial charge in [-0.05, 0) is 49.7 Å². The van der Waals surface area contributed by atoms with Gasteiger partial charge in [0.1, 0.15) is 24.6 Å². The molecule has 0 aliphatic carbocycles. The molecule has 3 fully saturated rings. The average molecular weight is 609 g/mol. The highest BCUT2D eigenvalue weighted by Crippen LogP contribution is 2.30. The van der Waals surface area contributed by atoms with Crippen LogP contribution in [0.4, 0.5) is 20.6 Å². The zero-order valence-corrected chi connectivity index (χ0v) is 23.2. The van der Waals surface area contributed by atoms with Crippen molar-refractivity contribution in [2.75, 3.05) is 55.8 Å². The number of anilines is 2. The molecule has 1 N–H and O–H groups in total. The molecule has 0 saturated carbocycles.